The van der Waals surface area contributed by atoms with Crippen molar-refractivity contribution in [2.75, 3.05) is 6.61 Å². The predicted octanol–water partition coefficient (Wildman–Crippen LogP) is -0.511. The van der Waals surface area contributed by atoms with Gasteiger partial charge >= 0.3 is 11.9 Å². The van der Waals surface area contributed by atoms with Gasteiger partial charge in [0.05, 0.1) is 12.2 Å². The molecule has 2 rings (SSSR count). The van der Waals surface area contributed by atoms with Crippen molar-refractivity contribution >= 4 is 11.8 Å². The molecule has 0 saturated carbocycles. The van der Waals surface area contributed by atoms with E-state index in [0.29, 0.717) is 5.56 Å². The summed E-state index contributed by atoms with van der Waals surface area (Å²) in [6, 6.07) is 2.64. The molecule has 0 aliphatic rings. The highest BCUT2D eigenvalue weighted by molar-refractivity contribution is 5.97. The van der Waals surface area contributed by atoms with E-state index in [9.17, 15) is 37.5 Å². The van der Waals surface area contributed by atoms with Crippen molar-refractivity contribution in [2.24, 2.45) is 0 Å². The Morgan fingerprint density at radius 2 is 1.79 bits per heavy atom. The fraction of sp³-hybridized carbons (Fsp3) is 0.250. The van der Waals surface area contributed by atoms with E-state index in [1.807, 2.05) is 4.98 Å². The number of benzene rings is 1. The van der Waals surface area contributed by atoms with Crippen LogP contribution in [-0.4, -0.2) is 39.5 Å². The highest BCUT2D eigenvalue weighted by Gasteiger charge is 2.30. The van der Waals surface area contributed by atoms with Gasteiger partial charge in [0.1, 0.15) is 11.6 Å². The summed E-state index contributed by atoms with van der Waals surface area (Å²) in [5, 5.41) is 13.8. The van der Waals surface area contributed by atoms with E-state index in [0.717, 1.165) is 18.3 Å². The van der Waals surface area contributed by atoms with Gasteiger partial charge in [0.15, 0.2) is 0 Å². The maximum Gasteiger partial charge on any atom is 0.416 e. The Morgan fingerprint density at radius 3 is 2.32 bits per heavy atom. The lowest BCUT2D eigenvalue weighted by molar-refractivity contribution is -0.137. The van der Waals surface area contributed by atoms with Crippen LogP contribution in [0.4, 0.5) is 13.2 Å². The van der Waals surface area contributed by atoms with Crippen LogP contribution in [0.1, 0.15) is 21.5 Å². The van der Waals surface area contributed by atoms with Crippen molar-refractivity contribution in [1.29, 1.82) is 0 Å². The second-order valence-electron chi connectivity index (χ2n) is 5.61. The zero-order valence-electron chi connectivity index (χ0n) is 14.1. The summed E-state index contributed by atoms with van der Waals surface area (Å²) in [5.74, 6) is -1.84. The maximum absolute atomic E-state index is 12.5. The first kappa shape index (κ1) is 20.9. The molecule has 1 heterocycles. The van der Waals surface area contributed by atoms with Gasteiger partial charge in [0.2, 0.25) is 5.91 Å². The highest BCUT2D eigenvalue weighted by Crippen LogP contribution is 2.28. The molecule has 0 saturated heterocycles. The fourth-order valence-electron chi connectivity index (χ4n) is 2.13. The van der Waals surface area contributed by atoms with Crippen molar-refractivity contribution in [3.05, 3.63) is 68.0 Å². The Morgan fingerprint density at radius 1 is 1.14 bits per heavy atom. The highest BCUT2D eigenvalue weighted by atomic mass is 19.4. The molecule has 1 atom stereocenters. The number of alkyl halides is 3. The van der Waals surface area contributed by atoms with Gasteiger partial charge in [0.25, 0.3) is 11.5 Å². The lowest BCUT2D eigenvalue weighted by atomic mass is 10.1. The Kier molecular flexibility index (Phi) is 6.36. The molecule has 2 amide bonds. The summed E-state index contributed by atoms with van der Waals surface area (Å²) in [6.07, 6.45) is -3.63. The van der Waals surface area contributed by atoms with Gasteiger partial charge in [-0.2, -0.15) is 13.2 Å². The van der Waals surface area contributed by atoms with Crippen molar-refractivity contribution in [1.82, 2.24) is 20.6 Å². The third-order valence-electron chi connectivity index (χ3n) is 3.62. The van der Waals surface area contributed by atoms with Crippen LogP contribution in [0.15, 0.2) is 40.1 Å². The first-order valence-corrected chi connectivity index (χ1v) is 7.79. The number of aromatic nitrogens is 2. The molecule has 0 radical (unpaired) electrons. The van der Waals surface area contributed by atoms with Crippen LogP contribution in [0.5, 0.6) is 0 Å². The quantitative estimate of drug-likeness (QED) is 0.444. The van der Waals surface area contributed by atoms with Gasteiger partial charge < -0.3 is 20.7 Å². The van der Waals surface area contributed by atoms with E-state index in [1.165, 1.54) is 12.1 Å². The van der Waals surface area contributed by atoms with Crippen LogP contribution in [0.2, 0.25) is 0 Å². The Hall–Kier alpha value is -3.41. The van der Waals surface area contributed by atoms with E-state index in [4.69, 9.17) is 0 Å². The molecular formula is C16H15F3N4O5. The number of carbonyl (C=O) groups excluding carboxylic acids is 2. The number of aliphatic hydroxyl groups excluding tert-OH is 1. The van der Waals surface area contributed by atoms with Crippen molar-refractivity contribution in [3.8, 4) is 0 Å². The fourth-order valence-corrected chi connectivity index (χ4v) is 2.13. The molecule has 28 heavy (non-hydrogen) atoms. The van der Waals surface area contributed by atoms with Gasteiger partial charge in [-0.1, -0.05) is 12.1 Å². The smallest absolute Gasteiger partial charge is 0.394 e. The van der Waals surface area contributed by atoms with Gasteiger partial charge in [-0.05, 0) is 17.7 Å². The minimum absolute atomic E-state index is 0.150. The minimum atomic E-state index is -4.48. The number of halogens is 3. The van der Waals surface area contributed by atoms with Gasteiger partial charge in [-0.15, -0.1) is 0 Å². The number of carbonyl (C=O) groups is 2. The van der Waals surface area contributed by atoms with Crippen molar-refractivity contribution in [2.45, 2.75) is 18.8 Å². The molecule has 1 unspecified atom stereocenters. The number of nitrogens with one attached hydrogen (secondary N) is 4. The predicted molar refractivity (Wildman–Crippen MR) is 89.3 cm³/mol. The van der Waals surface area contributed by atoms with Crippen LogP contribution in [0, 0.1) is 0 Å². The van der Waals surface area contributed by atoms with Crippen LogP contribution < -0.4 is 21.9 Å². The molecular weight excluding hydrogens is 385 g/mol. The summed E-state index contributed by atoms with van der Waals surface area (Å²) in [4.78, 5) is 50.5. The second-order valence-corrected chi connectivity index (χ2v) is 5.61. The maximum atomic E-state index is 12.5. The largest absolute Gasteiger partial charge is 0.416 e. The number of amides is 2. The Balaban J connectivity index is 1.98. The molecule has 9 nitrogen and oxygen atoms in total. The molecule has 0 spiro atoms. The van der Waals surface area contributed by atoms with Crippen LogP contribution in [0.25, 0.3) is 0 Å². The second kappa shape index (κ2) is 8.52. The monoisotopic (exact) mass is 400 g/mol. The Bertz CT molecular complexity index is 966. The minimum Gasteiger partial charge on any atom is -0.394 e. The molecule has 12 heteroatoms. The van der Waals surface area contributed by atoms with E-state index in [-0.39, 0.29) is 6.54 Å². The Labute approximate surface area is 154 Å². The average molecular weight is 400 g/mol. The first-order chi connectivity index (χ1) is 13.1. The third kappa shape index (κ3) is 5.30. The molecule has 0 aliphatic carbocycles. The number of hydrogen-bond donors (Lipinski definition) is 5. The zero-order valence-corrected chi connectivity index (χ0v) is 14.1. The van der Waals surface area contributed by atoms with E-state index in [1.54, 1.807) is 0 Å². The number of aliphatic hydroxyl groups is 1. The third-order valence-corrected chi connectivity index (χ3v) is 3.62. The van der Waals surface area contributed by atoms with Crippen LogP contribution in [0.3, 0.4) is 0 Å². The summed E-state index contributed by atoms with van der Waals surface area (Å²) in [6.45, 7) is -0.950. The molecule has 2 aromatic rings. The standard InChI is InChI=1S/C16H15F3N4O5/c17-16(18,19)9-3-1-8(2-4-9)5-20-14(27)11(7-24)22-12(25)10-6-21-15(28)23-13(10)26/h1-4,6,11,24H,5,7H2,(H,20,27)(H,22,25)(H2,21,23,26,28). The molecule has 0 bridgehead atoms. The summed E-state index contributed by atoms with van der Waals surface area (Å²) >= 11 is 0. The first-order valence-electron chi connectivity index (χ1n) is 7.79. The summed E-state index contributed by atoms with van der Waals surface area (Å²) < 4.78 is 37.5. The van der Waals surface area contributed by atoms with Gasteiger partial charge in [-0.3, -0.25) is 19.4 Å². The summed E-state index contributed by atoms with van der Waals surface area (Å²) in [7, 11) is 0. The lowest BCUT2D eigenvalue weighted by Crippen LogP contribution is -2.49. The van der Waals surface area contributed by atoms with E-state index in [2.05, 4.69) is 15.6 Å². The molecule has 1 aromatic heterocycles. The lowest BCUT2D eigenvalue weighted by Gasteiger charge is -2.16. The molecule has 150 valence electrons. The average Bonchev–Trinajstić information content (AvgIpc) is 2.63. The number of H-pyrrole nitrogens is 2. The van der Waals surface area contributed by atoms with Crippen LogP contribution in [-0.2, 0) is 17.5 Å². The van der Waals surface area contributed by atoms with Crippen molar-refractivity contribution < 1.29 is 27.9 Å². The number of hydrogen-bond acceptors (Lipinski definition) is 5. The zero-order chi connectivity index (χ0) is 20.9. The van der Waals surface area contributed by atoms with Crippen LogP contribution >= 0.6 is 0 Å². The number of aromatic amines is 2. The van der Waals surface area contributed by atoms with Gasteiger partial charge in [0, 0.05) is 12.7 Å². The number of rotatable bonds is 6. The molecule has 5 N–H and O–H groups in total. The van der Waals surface area contributed by atoms with E-state index < -0.39 is 53.0 Å². The molecule has 1 aromatic carbocycles. The molecule has 0 aliphatic heterocycles. The van der Waals surface area contributed by atoms with Crippen molar-refractivity contribution in [3.63, 3.8) is 0 Å². The SMILES string of the molecule is O=C(NC(CO)C(=O)NCc1ccc(C(F)(F)F)cc1)c1c[nH]c(=O)[nH]c1=O. The summed E-state index contributed by atoms with van der Waals surface area (Å²) in [5.41, 5.74) is -2.76. The van der Waals surface area contributed by atoms with E-state index >= 15 is 0 Å². The van der Waals surface area contributed by atoms with Gasteiger partial charge in [-0.25, -0.2) is 4.79 Å². The normalized spacial score (nSPS) is 12.3. The topological polar surface area (TPSA) is 144 Å². The molecule has 0 fully saturated rings.